The van der Waals surface area contributed by atoms with Crippen molar-refractivity contribution in [2.75, 3.05) is 6.26 Å². The van der Waals surface area contributed by atoms with Crippen LogP contribution in [0, 0.1) is 12.8 Å². The van der Waals surface area contributed by atoms with E-state index in [0.717, 1.165) is 31.2 Å². The van der Waals surface area contributed by atoms with Crippen LogP contribution in [0.5, 0.6) is 0 Å². The molecular weight excluding hydrogens is 316 g/mol. The molecule has 0 radical (unpaired) electrons. The summed E-state index contributed by atoms with van der Waals surface area (Å²) >= 11 is 1.86. The van der Waals surface area contributed by atoms with Crippen molar-refractivity contribution < 1.29 is 9.59 Å². The summed E-state index contributed by atoms with van der Waals surface area (Å²) in [5.41, 5.74) is 4.62. The van der Waals surface area contributed by atoms with Crippen molar-refractivity contribution in [3.8, 4) is 0 Å². The molecule has 0 spiro atoms. The van der Waals surface area contributed by atoms with Crippen molar-refractivity contribution in [1.29, 1.82) is 0 Å². The van der Waals surface area contributed by atoms with Crippen LogP contribution in [-0.2, 0) is 22.4 Å². The Hall–Kier alpha value is -1.09. The Morgan fingerprint density at radius 2 is 1.54 bits per heavy atom. The number of rotatable bonds is 5. The zero-order valence-corrected chi connectivity index (χ0v) is 16.1. The van der Waals surface area contributed by atoms with Crippen LogP contribution in [0.3, 0.4) is 0 Å². The average Bonchev–Trinajstić information content (AvgIpc) is 3.35. The molecule has 2 fully saturated rings. The number of hydrogen-bond acceptors (Lipinski definition) is 3. The number of carbonyl (C=O) groups is 2. The summed E-state index contributed by atoms with van der Waals surface area (Å²) < 4.78 is 0.213. The Bertz CT molecular complexity index is 629. The Morgan fingerprint density at radius 3 is 1.92 bits per heavy atom. The monoisotopic (exact) mass is 344 g/mol. The number of benzene rings is 1. The minimum atomic E-state index is -0.510. The lowest BCUT2D eigenvalue weighted by Gasteiger charge is -2.33. The standard InChI is InChI=1S/C21H28O2S/c1-5-14-9-13(3)10-15(6-2)19(14)20-17(22)11-16(12-18(20)23)21(24-4)7-8-21/h9-10,16,20H,5-8,11-12H2,1-4H3. The van der Waals surface area contributed by atoms with Crippen molar-refractivity contribution in [3.05, 3.63) is 34.4 Å². The van der Waals surface area contributed by atoms with E-state index in [0.29, 0.717) is 12.8 Å². The molecule has 0 aromatic heterocycles. The molecule has 1 aromatic carbocycles. The molecule has 3 heteroatoms. The molecule has 2 aliphatic carbocycles. The van der Waals surface area contributed by atoms with Crippen LogP contribution in [0.2, 0.25) is 0 Å². The third-order valence-corrected chi connectivity index (χ3v) is 7.53. The highest BCUT2D eigenvalue weighted by atomic mass is 32.2. The second-order valence-corrected chi connectivity index (χ2v) is 8.66. The minimum Gasteiger partial charge on any atom is -0.299 e. The van der Waals surface area contributed by atoms with Crippen LogP contribution in [0.1, 0.15) is 67.7 Å². The normalized spacial score (nSPS) is 25.8. The molecule has 0 saturated heterocycles. The molecule has 24 heavy (non-hydrogen) atoms. The summed E-state index contributed by atoms with van der Waals surface area (Å²) in [6, 6.07) is 4.32. The lowest BCUT2D eigenvalue weighted by Crippen LogP contribution is -2.37. The lowest BCUT2D eigenvalue weighted by atomic mass is 9.72. The fraction of sp³-hybridized carbons (Fsp3) is 0.619. The SMILES string of the molecule is CCc1cc(C)cc(CC)c1C1C(=O)CC(C2(SC)CC2)CC1=O. The molecule has 1 aromatic rings. The van der Waals surface area contributed by atoms with Gasteiger partial charge < -0.3 is 0 Å². The Labute approximate surface area is 149 Å². The Balaban J connectivity index is 1.96. The maximum Gasteiger partial charge on any atom is 0.148 e. The minimum absolute atomic E-state index is 0.157. The van der Waals surface area contributed by atoms with Gasteiger partial charge in [0.1, 0.15) is 17.5 Å². The highest BCUT2D eigenvalue weighted by Gasteiger charge is 2.53. The zero-order valence-electron chi connectivity index (χ0n) is 15.3. The molecule has 0 aliphatic heterocycles. The van der Waals surface area contributed by atoms with Gasteiger partial charge in [0.05, 0.1) is 0 Å². The fourth-order valence-electron chi connectivity index (χ4n) is 4.48. The Kier molecular flexibility index (Phi) is 4.92. The second kappa shape index (κ2) is 6.67. The van der Waals surface area contributed by atoms with Crippen molar-refractivity contribution in [2.24, 2.45) is 5.92 Å². The van der Waals surface area contributed by atoms with E-state index in [9.17, 15) is 9.59 Å². The van der Waals surface area contributed by atoms with Gasteiger partial charge in [0.15, 0.2) is 0 Å². The van der Waals surface area contributed by atoms with Crippen molar-refractivity contribution in [1.82, 2.24) is 0 Å². The van der Waals surface area contributed by atoms with Gasteiger partial charge in [-0.2, -0.15) is 11.8 Å². The van der Waals surface area contributed by atoms with E-state index in [2.05, 4.69) is 39.2 Å². The largest absolute Gasteiger partial charge is 0.299 e. The molecule has 2 nitrogen and oxygen atoms in total. The summed E-state index contributed by atoms with van der Waals surface area (Å²) in [5.74, 6) is 0.0587. The van der Waals surface area contributed by atoms with Gasteiger partial charge >= 0.3 is 0 Å². The number of hydrogen-bond donors (Lipinski definition) is 0. The molecule has 2 aliphatic rings. The quantitative estimate of drug-likeness (QED) is 0.729. The van der Waals surface area contributed by atoms with Crippen molar-refractivity contribution >= 4 is 23.3 Å². The molecular formula is C21H28O2S. The topological polar surface area (TPSA) is 34.1 Å². The highest BCUT2D eigenvalue weighted by Crippen LogP contribution is 2.57. The first-order chi connectivity index (χ1) is 11.5. The highest BCUT2D eigenvalue weighted by molar-refractivity contribution is 8.00. The van der Waals surface area contributed by atoms with Crippen LogP contribution in [0.4, 0.5) is 0 Å². The summed E-state index contributed by atoms with van der Waals surface area (Å²) in [7, 11) is 0. The van der Waals surface area contributed by atoms with E-state index in [1.165, 1.54) is 16.7 Å². The van der Waals surface area contributed by atoms with Crippen molar-refractivity contribution in [2.45, 2.75) is 70.0 Å². The van der Waals surface area contributed by atoms with Gasteiger partial charge in [-0.3, -0.25) is 9.59 Å². The lowest BCUT2D eigenvalue weighted by molar-refractivity contribution is -0.133. The molecule has 3 rings (SSSR count). The van der Waals surface area contributed by atoms with E-state index in [1.807, 2.05) is 11.8 Å². The van der Waals surface area contributed by atoms with Crippen molar-refractivity contribution in [3.63, 3.8) is 0 Å². The summed E-state index contributed by atoms with van der Waals surface area (Å²) in [5, 5.41) is 0. The van der Waals surface area contributed by atoms with Crippen LogP contribution in [0.25, 0.3) is 0 Å². The van der Waals surface area contributed by atoms with E-state index in [4.69, 9.17) is 0 Å². The first-order valence-electron chi connectivity index (χ1n) is 9.18. The molecule has 0 bridgehead atoms. The average molecular weight is 345 g/mol. The van der Waals surface area contributed by atoms with Crippen LogP contribution in [-0.4, -0.2) is 22.6 Å². The summed E-state index contributed by atoms with van der Waals surface area (Å²) in [4.78, 5) is 26.0. The van der Waals surface area contributed by atoms with Gasteiger partial charge in [-0.1, -0.05) is 31.5 Å². The second-order valence-electron chi connectivity index (χ2n) is 7.44. The third kappa shape index (κ3) is 2.96. The number of Topliss-reactive ketones (excluding diaryl/α,β-unsaturated/α-hetero) is 2. The molecule has 0 N–H and O–H groups in total. The number of aryl methyl sites for hydroxylation is 3. The molecule has 2 saturated carbocycles. The molecule has 130 valence electrons. The third-order valence-electron chi connectivity index (χ3n) is 5.98. The predicted molar refractivity (Wildman–Crippen MR) is 101 cm³/mol. The predicted octanol–water partition coefficient (Wildman–Crippen LogP) is 4.65. The first kappa shape index (κ1) is 17.7. The van der Waals surface area contributed by atoms with Crippen LogP contribution < -0.4 is 0 Å². The Morgan fingerprint density at radius 1 is 1.04 bits per heavy atom. The summed E-state index contributed by atoms with van der Waals surface area (Å²) in [6.45, 7) is 6.33. The van der Waals surface area contributed by atoms with E-state index in [1.54, 1.807) is 0 Å². The van der Waals surface area contributed by atoms with E-state index < -0.39 is 5.92 Å². The molecule has 0 unspecified atom stereocenters. The maximum absolute atomic E-state index is 13.0. The summed E-state index contributed by atoms with van der Waals surface area (Å²) in [6.07, 6.45) is 7.36. The number of ketones is 2. The van der Waals surface area contributed by atoms with Crippen LogP contribution in [0.15, 0.2) is 12.1 Å². The van der Waals surface area contributed by atoms with Gasteiger partial charge in [0.25, 0.3) is 0 Å². The zero-order chi connectivity index (χ0) is 17.5. The molecule has 0 amide bonds. The fourth-order valence-corrected chi connectivity index (χ4v) is 5.49. The van der Waals surface area contributed by atoms with Gasteiger partial charge in [0.2, 0.25) is 0 Å². The number of carbonyl (C=O) groups excluding carboxylic acids is 2. The van der Waals surface area contributed by atoms with E-state index in [-0.39, 0.29) is 22.2 Å². The van der Waals surface area contributed by atoms with Gasteiger partial charge in [-0.05, 0) is 61.5 Å². The van der Waals surface area contributed by atoms with Gasteiger partial charge in [-0.25, -0.2) is 0 Å². The van der Waals surface area contributed by atoms with E-state index >= 15 is 0 Å². The molecule has 0 atom stereocenters. The van der Waals surface area contributed by atoms with Gasteiger partial charge in [-0.15, -0.1) is 0 Å². The number of thioether (sulfide) groups is 1. The van der Waals surface area contributed by atoms with Gasteiger partial charge in [0, 0.05) is 17.6 Å². The smallest absolute Gasteiger partial charge is 0.148 e. The first-order valence-corrected chi connectivity index (χ1v) is 10.4. The maximum atomic E-state index is 13.0. The molecule has 0 heterocycles. The van der Waals surface area contributed by atoms with Crippen LogP contribution >= 0.6 is 11.8 Å².